The van der Waals surface area contributed by atoms with Crippen molar-refractivity contribution in [1.29, 1.82) is 0 Å². The van der Waals surface area contributed by atoms with Crippen LogP contribution in [0.2, 0.25) is 5.02 Å². The first-order chi connectivity index (χ1) is 12.8. The van der Waals surface area contributed by atoms with Crippen molar-refractivity contribution in [2.24, 2.45) is 0 Å². The molecule has 2 N–H and O–H groups in total. The first-order valence-corrected chi connectivity index (χ1v) is 8.50. The molecule has 1 heterocycles. The number of carboxylic acid groups (broad SMARTS) is 1. The number of nitrogens with one attached hydrogen (secondary N) is 1. The van der Waals surface area contributed by atoms with Crippen molar-refractivity contribution in [2.75, 3.05) is 17.3 Å². The summed E-state index contributed by atoms with van der Waals surface area (Å²) in [5, 5.41) is 12.4. The standard InChI is InChI=1S/C19H17ClN2O5/c1-10-7-15(16(27-2)8-13(10)20)22-17(23)9-14(18(22)24)21-12-5-3-11(4-6-12)19(25)26/h3-8,14,21H,9H2,1-2H3,(H,25,26)/t14-/m0/s1. The normalized spacial score (nSPS) is 16.6. The summed E-state index contributed by atoms with van der Waals surface area (Å²) in [4.78, 5) is 37.3. The molecule has 3 rings (SSSR count). The van der Waals surface area contributed by atoms with Crippen molar-refractivity contribution in [3.63, 3.8) is 0 Å². The first kappa shape index (κ1) is 18.7. The Balaban J connectivity index is 1.85. The van der Waals surface area contributed by atoms with Gasteiger partial charge in [-0.25, -0.2) is 9.69 Å². The van der Waals surface area contributed by atoms with Crippen LogP contribution in [0.15, 0.2) is 36.4 Å². The van der Waals surface area contributed by atoms with Crippen molar-refractivity contribution in [3.05, 3.63) is 52.5 Å². The number of imide groups is 1. The molecule has 2 aromatic rings. The van der Waals surface area contributed by atoms with Gasteiger partial charge in [0.25, 0.3) is 5.91 Å². The molecular formula is C19H17ClN2O5. The van der Waals surface area contributed by atoms with Crippen molar-refractivity contribution >= 4 is 40.8 Å². The number of anilines is 2. The van der Waals surface area contributed by atoms with Crippen LogP contribution in [0.3, 0.4) is 0 Å². The van der Waals surface area contributed by atoms with Gasteiger partial charge in [0, 0.05) is 16.8 Å². The van der Waals surface area contributed by atoms with Crippen LogP contribution in [0.25, 0.3) is 0 Å². The molecule has 0 aliphatic carbocycles. The number of aryl methyl sites for hydroxylation is 1. The van der Waals surface area contributed by atoms with E-state index in [4.69, 9.17) is 21.4 Å². The van der Waals surface area contributed by atoms with Crippen LogP contribution in [0, 0.1) is 6.92 Å². The van der Waals surface area contributed by atoms with Crippen LogP contribution in [0.5, 0.6) is 5.75 Å². The number of hydrogen-bond donors (Lipinski definition) is 2. The number of carbonyl (C=O) groups excluding carboxylic acids is 2. The summed E-state index contributed by atoms with van der Waals surface area (Å²) in [6, 6.07) is 8.41. The summed E-state index contributed by atoms with van der Waals surface area (Å²) in [5.74, 6) is -1.48. The van der Waals surface area contributed by atoms with E-state index in [0.717, 1.165) is 4.90 Å². The number of rotatable bonds is 5. The highest BCUT2D eigenvalue weighted by atomic mass is 35.5. The maximum absolute atomic E-state index is 12.8. The van der Waals surface area contributed by atoms with Gasteiger partial charge in [-0.3, -0.25) is 9.59 Å². The Bertz CT molecular complexity index is 926. The zero-order valence-corrected chi connectivity index (χ0v) is 15.4. The molecule has 0 radical (unpaired) electrons. The Morgan fingerprint density at radius 1 is 1.26 bits per heavy atom. The van der Waals surface area contributed by atoms with Crippen LogP contribution in [0.1, 0.15) is 22.3 Å². The average Bonchev–Trinajstić information content (AvgIpc) is 2.91. The Morgan fingerprint density at radius 3 is 2.52 bits per heavy atom. The van der Waals surface area contributed by atoms with Crippen LogP contribution in [-0.2, 0) is 9.59 Å². The van der Waals surface area contributed by atoms with E-state index in [2.05, 4.69) is 5.32 Å². The lowest BCUT2D eigenvalue weighted by molar-refractivity contribution is -0.121. The van der Waals surface area contributed by atoms with Gasteiger partial charge in [-0.15, -0.1) is 0 Å². The second-order valence-electron chi connectivity index (χ2n) is 6.12. The molecule has 0 unspecified atom stereocenters. The molecule has 1 aliphatic rings. The zero-order valence-electron chi connectivity index (χ0n) is 14.7. The number of amides is 2. The van der Waals surface area contributed by atoms with E-state index in [1.165, 1.54) is 19.2 Å². The summed E-state index contributed by atoms with van der Waals surface area (Å²) < 4.78 is 5.27. The third-order valence-electron chi connectivity index (χ3n) is 4.32. The van der Waals surface area contributed by atoms with Gasteiger partial charge < -0.3 is 15.2 Å². The van der Waals surface area contributed by atoms with Crippen LogP contribution in [0.4, 0.5) is 11.4 Å². The van der Waals surface area contributed by atoms with E-state index in [-0.39, 0.29) is 17.9 Å². The van der Waals surface area contributed by atoms with Gasteiger partial charge in [-0.2, -0.15) is 0 Å². The number of nitrogens with zero attached hydrogens (tertiary/aromatic N) is 1. The van der Waals surface area contributed by atoms with Gasteiger partial charge in [0.2, 0.25) is 5.91 Å². The highest BCUT2D eigenvalue weighted by molar-refractivity contribution is 6.32. The highest BCUT2D eigenvalue weighted by Crippen LogP contribution is 2.36. The van der Waals surface area contributed by atoms with Gasteiger partial charge in [0.15, 0.2) is 0 Å². The number of hydrogen-bond acceptors (Lipinski definition) is 5. The Morgan fingerprint density at radius 2 is 1.93 bits per heavy atom. The summed E-state index contributed by atoms with van der Waals surface area (Å²) in [7, 11) is 1.44. The van der Waals surface area contributed by atoms with Gasteiger partial charge >= 0.3 is 5.97 Å². The fourth-order valence-corrected chi connectivity index (χ4v) is 3.05. The van der Waals surface area contributed by atoms with E-state index in [1.807, 2.05) is 0 Å². The number of methoxy groups -OCH3 is 1. The van der Waals surface area contributed by atoms with E-state index >= 15 is 0 Å². The molecule has 0 saturated carbocycles. The predicted octanol–water partition coefficient (Wildman–Crippen LogP) is 3.10. The molecule has 140 valence electrons. The van der Waals surface area contributed by atoms with E-state index in [0.29, 0.717) is 27.7 Å². The molecule has 1 fully saturated rings. The molecule has 1 atom stereocenters. The molecule has 27 heavy (non-hydrogen) atoms. The molecule has 0 bridgehead atoms. The fourth-order valence-electron chi connectivity index (χ4n) is 2.89. The van der Waals surface area contributed by atoms with Gasteiger partial charge in [0.05, 0.1) is 24.8 Å². The zero-order chi connectivity index (χ0) is 19.7. The van der Waals surface area contributed by atoms with Gasteiger partial charge in [-0.1, -0.05) is 11.6 Å². The van der Waals surface area contributed by atoms with Crippen molar-refractivity contribution in [1.82, 2.24) is 0 Å². The summed E-state index contributed by atoms with van der Waals surface area (Å²) in [5.41, 5.74) is 1.75. The van der Waals surface area contributed by atoms with Crippen LogP contribution < -0.4 is 15.0 Å². The predicted molar refractivity (Wildman–Crippen MR) is 101 cm³/mol. The Hall–Kier alpha value is -3.06. The molecule has 1 aliphatic heterocycles. The molecule has 1 saturated heterocycles. The number of benzene rings is 2. The lowest BCUT2D eigenvalue weighted by Gasteiger charge is -2.19. The molecule has 2 aromatic carbocycles. The number of carbonyl (C=O) groups is 3. The van der Waals surface area contributed by atoms with E-state index in [1.54, 1.807) is 31.2 Å². The topological polar surface area (TPSA) is 95.9 Å². The summed E-state index contributed by atoms with van der Waals surface area (Å²) in [6.45, 7) is 1.77. The van der Waals surface area contributed by atoms with Crippen molar-refractivity contribution in [3.8, 4) is 5.75 Å². The molecule has 7 nitrogen and oxygen atoms in total. The third-order valence-corrected chi connectivity index (χ3v) is 4.73. The lowest BCUT2D eigenvalue weighted by Crippen LogP contribution is -2.35. The number of carboxylic acids is 1. The fraction of sp³-hybridized carbons (Fsp3) is 0.211. The second kappa shape index (κ2) is 7.28. The third kappa shape index (κ3) is 3.59. The highest BCUT2D eigenvalue weighted by Gasteiger charge is 2.41. The second-order valence-corrected chi connectivity index (χ2v) is 6.53. The number of aromatic carboxylic acids is 1. The van der Waals surface area contributed by atoms with E-state index < -0.39 is 17.9 Å². The molecular weight excluding hydrogens is 372 g/mol. The van der Waals surface area contributed by atoms with Gasteiger partial charge in [-0.05, 0) is 42.8 Å². The Kier molecular flexibility index (Phi) is 5.05. The quantitative estimate of drug-likeness (QED) is 0.764. The number of ether oxygens (including phenoxy) is 1. The first-order valence-electron chi connectivity index (χ1n) is 8.12. The average molecular weight is 389 g/mol. The Labute approximate surface area is 160 Å². The monoisotopic (exact) mass is 388 g/mol. The maximum Gasteiger partial charge on any atom is 0.335 e. The molecule has 0 aromatic heterocycles. The molecule has 2 amide bonds. The van der Waals surface area contributed by atoms with E-state index in [9.17, 15) is 14.4 Å². The lowest BCUT2D eigenvalue weighted by atomic mass is 10.1. The minimum atomic E-state index is -1.04. The number of halogens is 1. The van der Waals surface area contributed by atoms with Gasteiger partial charge in [0.1, 0.15) is 11.8 Å². The summed E-state index contributed by atoms with van der Waals surface area (Å²) in [6.07, 6.45) is -0.0235. The minimum Gasteiger partial charge on any atom is -0.495 e. The van der Waals surface area contributed by atoms with Crippen LogP contribution >= 0.6 is 11.6 Å². The molecule has 0 spiro atoms. The largest absolute Gasteiger partial charge is 0.495 e. The minimum absolute atomic E-state index is 0.0235. The van der Waals surface area contributed by atoms with Crippen molar-refractivity contribution < 1.29 is 24.2 Å². The van der Waals surface area contributed by atoms with Crippen LogP contribution in [-0.4, -0.2) is 36.0 Å². The summed E-state index contributed by atoms with van der Waals surface area (Å²) >= 11 is 6.09. The molecule has 8 heteroatoms. The van der Waals surface area contributed by atoms with Crippen molar-refractivity contribution in [2.45, 2.75) is 19.4 Å². The SMILES string of the molecule is COc1cc(Cl)c(C)cc1N1C(=O)C[C@H](Nc2ccc(C(=O)O)cc2)C1=O. The smallest absolute Gasteiger partial charge is 0.335 e. The maximum atomic E-state index is 12.8.